The van der Waals surface area contributed by atoms with Crippen LogP contribution in [0.15, 0.2) is 12.4 Å². The van der Waals surface area contributed by atoms with Crippen molar-refractivity contribution in [3.63, 3.8) is 0 Å². The van der Waals surface area contributed by atoms with Crippen LogP contribution in [0, 0.1) is 11.2 Å². The van der Waals surface area contributed by atoms with Gasteiger partial charge in [0.2, 0.25) is 16.0 Å². The standard InChI is InChI=1S/C15H23FN4O3S/c1-23-10-13-7-15(11-20(13)24(2,21)22)3-5-19(6-4-15)14-17-8-12(16)9-18-14/h8-9,13H,3-7,10-11H2,1-2H3/t13-/m0/s1. The predicted octanol–water partition coefficient (Wildman–Crippen LogP) is 0.883. The molecule has 0 N–H and O–H groups in total. The Hall–Kier alpha value is -1.32. The fraction of sp³-hybridized carbons (Fsp3) is 0.733. The van der Waals surface area contributed by atoms with Crippen molar-refractivity contribution in [2.75, 3.05) is 44.5 Å². The van der Waals surface area contributed by atoms with Crippen molar-refractivity contribution in [1.29, 1.82) is 0 Å². The van der Waals surface area contributed by atoms with Gasteiger partial charge < -0.3 is 9.64 Å². The fourth-order valence-electron chi connectivity index (χ4n) is 3.86. The Balaban J connectivity index is 1.70. The molecule has 0 amide bonds. The van der Waals surface area contributed by atoms with Crippen molar-refractivity contribution < 1.29 is 17.5 Å². The zero-order valence-electron chi connectivity index (χ0n) is 14.0. The Kier molecular flexibility index (Phi) is 4.76. The van der Waals surface area contributed by atoms with Crippen molar-refractivity contribution in [2.24, 2.45) is 5.41 Å². The number of halogens is 1. The van der Waals surface area contributed by atoms with E-state index in [-0.39, 0.29) is 11.5 Å². The molecule has 0 unspecified atom stereocenters. The van der Waals surface area contributed by atoms with Crippen LogP contribution in [0.5, 0.6) is 0 Å². The number of piperidine rings is 1. The van der Waals surface area contributed by atoms with Crippen molar-refractivity contribution in [3.8, 4) is 0 Å². The number of ether oxygens (including phenoxy) is 1. The minimum Gasteiger partial charge on any atom is -0.383 e. The highest BCUT2D eigenvalue weighted by atomic mass is 32.2. The van der Waals surface area contributed by atoms with Gasteiger partial charge in [0.25, 0.3) is 0 Å². The number of rotatable bonds is 4. The van der Waals surface area contributed by atoms with E-state index in [1.165, 1.54) is 18.6 Å². The van der Waals surface area contributed by atoms with Gasteiger partial charge in [0.15, 0.2) is 5.82 Å². The number of nitrogens with zero attached hydrogens (tertiary/aromatic N) is 4. The van der Waals surface area contributed by atoms with E-state index in [1.54, 1.807) is 11.4 Å². The molecule has 0 saturated carbocycles. The number of anilines is 1. The van der Waals surface area contributed by atoms with Crippen molar-refractivity contribution in [2.45, 2.75) is 25.3 Å². The highest BCUT2D eigenvalue weighted by Crippen LogP contribution is 2.44. The van der Waals surface area contributed by atoms with Crippen LogP contribution in [-0.2, 0) is 14.8 Å². The monoisotopic (exact) mass is 358 g/mol. The predicted molar refractivity (Wildman–Crippen MR) is 87.7 cm³/mol. The quantitative estimate of drug-likeness (QED) is 0.795. The van der Waals surface area contributed by atoms with E-state index >= 15 is 0 Å². The highest BCUT2D eigenvalue weighted by Gasteiger charge is 2.48. The van der Waals surface area contributed by atoms with E-state index in [4.69, 9.17) is 4.74 Å². The first-order valence-corrected chi connectivity index (χ1v) is 9.86. The average molecular weight is 358 g/mol. The summed E-state index contributed by atoms with van der Waals surface area (Å²) in [5, 5.41) is 0. The first-order chi connectivity index (χ1) is 11.3. The second-order valence-corrected chi connectivity index (χ2v) is 8.74. The fourth-order valence-corrected chi connectivity index (χ4v) is 5.05. The van der Waals surface area contributed by atoms with Crippen molar-refractivity contribution >= 4 is 16.0 Å². The zero-order chi connectivity index (χ0) is 17.4. The maximum atomic E-state index is 12.9. The first-order valence-electron chi connectivity index (χ1n) is 8.01. The minimum atomic E-state index is -3.25. The molecule has 0 aliphatic carbocycles. The van der Waals surface area contributed by atoms with E-state index in [2.05, 4.69) is 9.97 Å². The summed E-state index contributed by atoms with van der Waals surface area (Å²) < 4.78 is 43.9. The van der Waals surface area contributed by atoms with E-state index in [0.29, 0.717) is 19.1 Å². The lowest BCUT2D eigenvalue weighted by molar-refractivity contribution is 0.146. The van der Waals surface area contributed by atoms with Crippen molar-refractivity contribution in [3.05, 3.63) is 18.2 Å². The van der Waals surface area contributed by atoms with E-state index in [1.807, 2.05) is 4.90 Å². The van der Waals surface area contributed by atoms with Crippen LogP contribution in [-0.4, -0.2) is 68.3 Å². The third-order valence-corrected chi connectivity index (χ3v) is 6.35. The Morgan fingerprint density at radius 3 is 2.50 bits per heavy atom. The molecule has 2 saturated heterocycles. The molecule has 2 aliphatic heterocycles. The van der Waals surface area contributed by atoms with Gasteiger partial charge in [-0.2, -0.15) is 4.31 Å². The molecule has 9 heteroatoms. The van der Waals surface area contributed by atoms with Gasteiger partial charge in [-0.05, 0) is 24.7 Å². The SMILES string of the molecule is COC[C@@H]1CC2(CCN(c3ncc(F)cn3)CC2)CN1S(C)(=O)=O. The summed E-state index contributed by atoms with van der Waals surface area (Å²) >= 11 is 0. The minimum absolute atomic E-state index is 0.0250. The molecule has 1 spiro atoms. The summed E-state index contributed by atoms with van der Waals surface area (Å²) in [5.74, 6) is 0.0758. The Labute approximate surface area is 141 Å². The van der Waals surface area contributed by atoms with Crippen molar-refractivity contribution in [1.82, 2.24) is 14.3 Å². The molecule has 134 valence electrons. The maximum absolute atomic E-state index is 12.9. The number of hydrogen-bond acceptors (Lipinski definition) is 6. The van der Waals surface area contributed by atoms with Gasteiger partial charge in [0.1, 0.15) is 0 Å². The van der Waals surface area contributed by atoms with E-state index < -0.39 is 15.8 Å². The molecule has 1 aromatic rings. The van der Waals surface area contributed by atoms with E-state index in [0.717, 1.165) is 32.4 Å². The Bertz CT molecular complexity index is 674. The van der Waals surface area contributed by atoms with Gasteiger partial charge in [-0.3, -0.25) is 0 Å². The molecular weight excluding hydrogens is 335 g/mol. The van der Waals surface area contributed by atoms with Crippen LogP contribution in [0.3, 0.4) is 0 Å². The van der Waals surface area contributed by atoms with Crippen LogP contribution in [0.2, 0.25) is 0 Å². The topological polar surface area (TPSA) is 75.6 Å². The van der Waals surface area contributed by atoms with Crippen LogP contribution < -0.4 is 4.90 Å². The van der Waals surface area contributed by atoms with Gasteiger partial charge in [-0.25, -0.2) is 22.8 Å². The number of methoxy groups -OCH3 is 1. The number of sulfonamides is 1. The molecule has 0 bridgehead atoms. The largest absolute Gasteiger partial charge is 0.383 e. The van der Waals surface area contributed by atoms with Gasteiger partial charge in [-0.1, -0.05) is 0 Å². The molecule has 2 aliphatic rings. The lowest BCUT2D eigenvalue weighted by atomic mass is 9.77. The molecule has 7 nitrogen and oxygen atoms in total. The van der Waals surface area contributed by atoms with Gasteiger partial charge in [0, 0.05) is 32.8 Å². The molecule has 1 atom stereocenters. The average Bonchev–Trinajstić information content (AvgIpc) is 2.88. The molecule has 0 radical (unpaired) electrons. The summed E-state index contributed by atoms with van der Waals surface area (Å²) in [6.45, 7) is 2.43. The summed E-state index contributed by atoms with van der Waals surface area (Å²) in [6.07, 6.45) is 6.13. The summed E-state index contributed by atoms with van der Waals surface area (Å²) in [7, 11) is -1.65. The highest BCUT2D eigenvalue weighted by molar-refractivity contribution is 7.88. The molecule has 2 fully saturated rings. The van der Waals surface area contributed by atoms with Crippen LogP contribution in [0.4, 0.5) is 10.3 Å². The van der Waals surface area contributed by atoms with Gasteiger partial charge in [0.05, 0.1) is 25.3 Å². The zero-order valence-corrected chi connectivity index (χ0v) is 14.8. The van der Waals surface area contributed by atoms with Crippen LogP contribution in [0.1, 0.15) is 19.3 Å². The molecule has 3 heterocycles. The molecule has 0 aromatic carbocycles. The van der Waals surface area contributed by atoms with Gasteiger partial charge >= 0.3 is 0 Å². The van der Waals surface area contributed by atoms with Gasteiger partial charge in [-0.15, -0.1) is 0 Å². The third kappa shape index (κ3) is 3.52. The van der Waals surface area contributed by atoms with E-state index in [9.17, 15) is 12.8 Å². The Morgan fingerprint density at radius 2 is 1.96 bits per heavy atom. The molecule has 1 aromatic heterocycles. The summed E-state index contributed by atoms with van der Waals surface area (Å²) in [5.41, 5.74) is -0.0250. The molecule has 3 rings (SSSR count). The lowest BCUT2D eigenvalue weighted by Gasteiger charge is -2.39. The third-order valence-electron chi connectivity index (χ3n) is 5.07. The normalized spacial score (nSPS) is 24.6. The van der Waals surface area contributed by atoms with Crippen LogP contribution in [0.25, 0.3) is 0 Å². The second kappa shape index (κ2) is 6.53. The Morgan fingerprint density at radius 1 is 1.33 bits per heavy atom. The number of hydrogen-bond donors (Lipinski definition) is 0. The molecule has 24 heavy (non-hydrogen) atoms. The lowest BCUT2D eigenvalue weighted by Crippen LogP contribution is -2.43. The smallest absolute Gasteiger partial charge is 0.225 e. The maximum Gasteiger partial charge on any atom is 0.225 e. The molecular formula is C15H23FN4O3S. The summed E-state index contributed by atoms with van der Waals surface area (Å²) in [4.78, 5) is 10.1. The van der Waals surface area contributed by atoms with Crippen LogP contribution >= 0.6 is 0 Å². The second-order valence-electron chi connectivity index (χ2n) is 6.81. The first kappa shape index (κ1) is 17.5. The summed E-state index contributed by atoms with van der Waals surface area (Å²) in [6, 6.07) is -0.0985. The number of aromatic nitrogens is 2.